The summed E-state index contributed by atoms with van der Waals surface area (Å²) in [5, 5.41) is 10.9. The highest BCUT2D eigenvalue weighted by Gasteiger charge is 2.04. The van der Waals surface area contributed by atoms with E-state index < -0.39 is 0 Å². The van der Waals surface area contributed by atoms with Gasteiger partial charge in [-0.15, -0.1) is 10.2 Å². The molecule has 1 aromatic rings. The van der Waals surface area contributed by atoms with Crippen LogP contribution in [0.5, 0.6) is 0 Å². The predicted molar refractivity (Wildman–Crippen MR) is 51.6 cm³/mol. The number of aromatic nitrogens is 2. The first-order valence-corrected chi connectivity index (χ1v) is 4.96. The standard InChI is InChI=1S/C9H17N3O2/c1-3-5-10-6-8-11-12-9(14-8)7-13-4-2/h10H,3-7H2,1-2H3. The zero-order valence-corrected chi connectivity index (χ0v) is 8.75. The van der Waals surface area contributed by atoms with Gasteiger partial charge in [-0.1, -0.05) is 6.92 Å². The van der Waals surface area contributed by atoms with E-state index >= 15 is 0 Å². The van der Waals surface area contributed by atoms with Crippen molar-refractivity contribution in [1.82, 2.24) is 15.5 Å². The van der Waals surface area contributed by atoms with Crippen LogP contribution in [0.2, 0.25) is 0 Å². The fraction of sp³-hybridized carbons (Fsp3) is 0.778. The molecule has 0 bridgehead atoms. The lowest BCUT2D eigenvalue weighted by Gasteiger charge is -1.96. The van der Waals surface area contributed by atoms with Gasteiger partial charge in [-0.3, -0.25) is 0 Å². The smallest absolute Gasteiger partial charge is 0.242 e. The minimum atomic E-state index is 0.400. The van der Waals surface area contributed by atoms with E-state index in [1.54, 1.807) is 0 Å². The Hall–Kier alpha value is -0.940. The van der Waals surface area contributed by atoms with Crippen LogP contribution in [0, 0.1) is 0 Å². The van der Waals surface area contributed by atoms with Crippen molar-refractivity contribution < 1.29 is 9.15 Å². The third kappa shape index (κ3) is 3.85. The molecule has 0 atom stereocenters. The summed E-state index contributed by atoms with van der Waals surface area (Å²) in [4.78, 5) is 0. The minimum absolute atomic E-state index is 0.400. The molecule has 0 aromatic carbocycles. The predicted octanol–water partition coefficient (Wildman–Crippen LogP) is 1.11. The van der Waals surface area contributed by atoms with Gasteiger partial charge in [0, 0.05) is 6.61 Å². The Morgan fingerprint density at radius 3 is 2.79 bits per heavy atom. The molecule has 80 valence electrons. The molecule has 0 amide bonds. The van der Waals surface area contributed by atoms with Crippen LogP contribution in [-0.4, -0.2) is 23.3 Å². The minimum Gasteiger partial charge on any atom is -0.421 e. The van der Waals surface area contributed by atoms with Gasteiger partial charge in [0.2, 0.25) is 11.8 Å². The summed E-state index contributed by atoms with van der Waals surface area (Å²) in [5.74, 6) is 1.16. The zero-order valence-electron chi connectivity index (χ0n) is 8.75. The van der Waals surface area contributed by atoms with Crippen LogP contribution in [0.4, 0.5) is 0 Å². The first kappa shape index (κ1) is 11.1. The van der Waals surface area contributed by atoms with Gasteiger partial charge >= 0.3 is 0 Å². The van der Waals surface area contributed by atoms with Crippen LogP contribution >= 0.6 is 0 Å². The molecule has 0 saturated carbocycles. The lowest BCUT2D eigenvalue weighted by atomic mass is 10.5. The van der Waals surface area contributed by atoms with E-state index in [2.05, 4.69) is 22.4 Å². The highest BCUT2D eigenvalue weighted by Crippen LogP contribution is 2.00. The maximum absolute atomic E-state index is 5.32. The van der Waals surface area contributed by atoms with Gasteiger partial charge in [0.15, 0.2) is 0 Å². The van der Waals surface area contributed by atoms with Gasteiger partial charge in [-0.25, -0.2) is 0 Å². The van der Waals surface area contributed by atoms with Gasteiger partial charge in [-0.05, 0) is 19.9 Å². The Bertz CT molecular complexity index is 250. The van der Waals surface area contributed by atoms with E-state index in [4.69, 9.17) is 9.15 Å². The molecular weight excluding hydrogens is 182 g/mol. The second-order valence-electron chi connectivity index (χ2n) is 2.90. The SMILES string of the molecule is CCCNCc1nnc(COCC)o1. The topological polar surface area (TPSA) is 60.2 Å². The molecule has 1 heterocycles. The Kier molecular flexibility index (Phi) is 5.17. The molecular formula is C9H17N3O2. The Balaban J connectivity index is 2.27. The third-order valence-corrected chi connectivity index (χ3v) is 1.64. The summed E-state index contributed by atoms with van der Waals surface area (Å²) in [6.07, 6.45) is 1.10. The first-order valence-electron chi connectivity index (χ1n) is 4.96. The molecule has 0 saturated heterocycles. The summed E-state index contributed by atoms with van der Waals surface area (Å²) < 4.78 is 10.5. The zero-order chi connectivity index (χ0) is 10.2. The normalized spacial score (nSPS) is 10.7. The number of rotatable bonds is 7. The summed E-state index contributed by atoms with van der Waals surface area (Å²) >= 11 is 0. The second-order valence-corrected chi connectivity index (χ2v) is 2.90. The van der Waals surface area contributed by atoms with E-state index in [9.17, 15) is 0 Å². The molecule has 1 aromatic heterocycles. The van der Waals surface area contributed by atoms with Crippen molar-refractivity contribution in [3.63, 3.8) is 0 Å². The summed E-state index contributed by atoms with van der Waals surface area (Å²) in [6.45, 7) is 6.70. The van der Waals surface area contributed by atoms with Gasteiger partial charge in [0.05, 0.1) is 6.54 Å². The van der Waals surface area contributed by atoms with Crippen molar-refractivity contribution >= 4 is 0 Å². The van der Waals surface area contributed by atoms with Gasteiger partial charge < -0.3 is 14.5 Å². The maximum atomic E-state index is 5.32. The van der Waals surface area contributed by atoms with Crippen LogP contribution in [0.15, 0.2) is 4.42 Å². The van der Waals surface area contributed by atoms with Gasteiger partial charge in [0.25, 0.3) is 0 Å². The maximum Gasteiger partial charge on any atom is 0.242 e. The van der Waals surface area contributed by atoms with E-state index in [-0.39, 0.29) is 0 Å². The average molecular weight is 199 g/mol. The van der Waals surface area contributed by atoms with Crippen molar-refractivity contribution in [2.75, 3.05) is 13.2 Å². The Morgan fingerprint density at radius 1 is 1.29 bits per heavy atom. The van der Waals surface area contributed by atoms with Crippen molar-refractivity contribution in [3.8, 4) is 0 Å². The molecule has 0 aliphatic heterocycles. The van der Waals surface area contributed by atoms with Gasteiger partial charge in [0.1, 0.15) is 6.61 Å². The van der Waals surface area contributed by atoms with Gasteiger partial charge in [-0.2, -0.15) is 0 Å². The lowest BCUT2D eigenvalue weighted by Crippen LogP contribution is -2.13. The molecule has 5 heteroatoms. The molecule has 0 fully saturated rings. The number of nitrogens with zero attached hydrogens (tertiary/aromatic N) is 2. The first-order chi connectivity index (χ1) is 6.86. The van der Waals surface area contributed by atoms with Crippen LogP contribution in [0.1, 0.15) is 32.0 Å². The molecule has 0 unspecified atom stereocenters. The highest BCUT2D eigenvalue weighted by molar-refractivity contribution is 4.79. The highest BCUT2D eigenvalue weighted by atomic mass is 16.5. The summed E-state index contributed by atoms with van der Waals surface area (Å²) in [7, 11) is 0. The quantitative estimate of drug-likeness (QED) is 0.666. The molecule has 0 spiro atoms. The van der Waals surface area contributed by atoms with Crippen molar-refractivity contribution in [2.24, 2.45) is 0 Å². The molecule has 14 heavy (non-hydrogen) atoms. The van der Waals surface area contributed by atoms with E-state index in [0.29, 0.717) is 31.5 Å². The van der Waals surface area contributed by atoms with Crippen LogP contribution in [0.3, 0.4) is 0 Å². The van der Waals surface area contributed by atoms with Crippen molar-refractivity contribution in [3.05, 3.63) is 11.8 Å². The molecule has 0 aliphatic carbocycles. The molecule has 5 nitrogen and oxygen atoms in total. The Labute approximate surface area is 83.9 Å². The fourth-order valence-corrected chi connectivity index (χ4v) is 0.980. The largest absolute Gasteiger partial charge is 0.421 e. The van der Waals surface area contributed by atoms with Crippen molar-refractivity contribution in [2.45, 2.75) is 33.4 Å². The number of ether oxygens (including phenoxy) is 1. The summed E-state index contributed by atoms with van der Waals surface area (Å²) in [6, 6.07) is 0. The number of hydrogen-bond donors (Lipinski definition) is 1. The summed E-state index contributed by atoms with van der Waals surface area (Å²) in [5.41, 5.74) is 0. The molecule has 1 N–H and O–H groups in total. The monoisotopic (exact) mass is 199 g/mol. The van der Waals surface area contributed by atoms with Crippen LogP contribution < -0.4 is 5.32 Å². The molecule has 0 aliphatic rings. The number of hydrogen-bond acceptors (Lipinski definition) is 5. The molecule has 1 rings (SSSR count). The Morgan fingerprint density at radius 2 is 2.07 bits per heavy atom. The van der Waals surface area contributed by atoms with Crippen molar-refractivity contribution in [1.29, 1.82) is 0 Å². The van der Waals surface area contributed by atoms with E-state index in [1.807, 2.05) is 6.92 Å². The number of nitrogens with one attached hydrogen (secondary N) is 1. The molecule has 0 radical (unpaired) electrons. The second kappa shape index (κ2) is 6.50. The van der Waals surface area contributed by atoms with Crippen LogP contribution in [0.25, 0.3) is 0 Å². The lowest BCUT2D eigenvalue weighted by molar-refractivity contribution is 0.113. The fourth-order valence-electron chi connectivity index (χ4n) is 0.980. The van der Waals surface area contributed by atoms with E-state index in [1.165, 1.54) is 0 Å². The van der Waals surface area contributed by atoms with Crippen LogP contribution in [-0.2, 0) is 17.9 Å². The van der Waals surface area contributed by atoms with E-state index in [0.717, 1.165) is 13.0 Å². The average Bonchev–Trinajstić information content (AvgIpc) is 2.63. The third-order valence-electron chi connectivity index (χ3n) is 1.64.